The van der Waals surface area contributed by atoms with Gasteiger partial charge in [0.15, 0.2) is 5.96 Å². The van der Waals surface area contributed by atoms with Crippen LogP contribution in [-0.4, -0.2) is 41.5 Å². The summed E-state index contributed by atoms with van der Waals surface area (Å²) < 4.78 is 2.10. The summed E-state index contributed by atoms with van der Waals surface area (Å²) in [6, 6.07) is 11.2. The van der Waals surface area contributed by atoms with Gasteiger partial charge in [0.25, 0.3) is 0 Å². The first kappa shape index (κ1) is 20.8. The number of rotatable bonds is 8. The highest BCUT2D eigenvalue weighted by Gasteiger charge is 2.08. The van der Waals surface area contributed by atoms with Crippen LogP contribution in [0.1, 0.15) is 25.5 Å². The standard InChI is InChI=1S/C20H28ClN5O/c1-4-22-20(26(3)15-18-7-6-14-25(18)2)23-13-5-8-19(27)24-17-11-9-16(21)10-12-17/h6-7,9-12,14H,4-5,8,13,15H2,1-3H3,(H,22,23)(H,24,27). The number of aromatic nitrogens is 1. The van der Waals surface area contributed by atoms with E-state index in [1.165, 1.54) is 5.69 Å². The monoisotopic (exact) mass is 389 g/mol. The largest absolute Gasteiger partial charge is 0.357 e. The van der Waals surface area contributed by atoms with Gasteiger partial charge in [0.05, 0.1) is 6.54 Å². The van der Waals surface area contributed by atoms with Gasteiger partial charge in [-0.3, -0.25) is 9.79 Å². The van der Waals surface area contributed by atoms with E-state index in [2.05, 4.69) is 31.2 Å². The van der Waals surface area contributed by atoms with Crippen LogP contribution in [0, 0.1) is 0 Å². The summed E-state index contributed by atoms with van der Waals surface area (Å²) in [5.41, 5.74) is 1.97. The second kappa shape index (κ2) is 10.6. The van der Waals surface area contributed by atoms with Crippen LogP contribution in [0.5, 0.6) is 0 Å². The van der Waals surface area contributed by atoms with E-state index in [0.717, 1.165) is 24.7 Å². The molecule has 1 aromatic carbocycles. The van der Waals surface area contributed by atoms with Crippen molar-refractivity contribution in [3.8, 4) is 0 Å². The Hall–Kier alpha value is -2.47. The third kappa shape index (κ3) is 6.98. The van der Waals surface area contributed by atoms with Crippen LogP contribution < -0.4 is 10.6 Å². The number of benzene rings is 1. The van der Waals surface area contributed by atoms with Crippen molar-refractivity contribution in [1.29, 1.82) is 0 Å². The van der Waals surface area contributed by atoms with Gasteiger partial charge in [-0.15, -0.1) is 0 Å². The molecule has 2 N–H and O–H groups in total. The first-order chi connectivity index (χ1) is 13.0. The fraction of sp³-hybridized carbons (Fsp3) is 0.400. The molecule has 2 rings (SSSR count). The van der Waals surface area contributed by atoms with Gasteiger partial charge in [-0.25, -0.2) is 0 Å². The number of carbonyl (C=O) groups is 1. The topological polar surface area (TPSA) is 61.7 Å². The number of anilines is 1. The first-order valence-corrected chi connectivity index (χ1v) is 9.52. The summed E-state index contributed by atoms with van der Waals surface area (Å²) in [5, 5.41) is 6.82. The number of nitrogens with one attached hydrogen (secondary N) is 2. The van der Waals surface area contributed by atoms with Crippen molar-refractivity contribution >= 4 is 29.2 Å². The molecule has 27 heavy (non-hydrogen) atoms. The summed E-state index contributed by atoms with van der Waals surface area (Å²) >= 11 is 5.85. The average molecular weight is 390 g/mol. The van der Waals surface area contributed by atoms with Crippen LogP contribution >= 0.6 is 11.6 Å². The Morgan fingerprint density at radius 3 is 2.63 bits per heavy atom. The van der Waals surface area contributed by atoms with E-state index in [0.29, 0.717) is 24.4 Å². The number of hydrogen-bond acceptors (Lipinski definition) is 2. The molecule has 0 saturated heterocycles. The minimum atomic E-state index is -0.0188. The van der Waals surface area contributed by atoms with E-state index >= 15 is 0 Å². The predicted octanol–water partition coefficient (Wildman–Crippen LogP) is 3.49. The molecule has 0 unspecified atom stereocenters. The number of halogens is 1. The van der Waals surface area contributed by atoms with Gasteiger partial charge in [0, 0.05) is 56.2 Å². The second-order valence-corrected chi connectivity index (χ2v) is 6.80. The van der Waals surface area contributed by atoms with E-state index in [9.17, 15) is 4.79 Å². The van der Waals surface area contributed by atoms with Gasteiger partial charge in [0.1, 0.15) is 0 Å². The van der Waals surface area contributed by atoms with E-state index in [4.69, 9.17) is 11.6 Å². The van der Waals surface area contributed by atoms with Crippen molar-refractivity contribution in [1.82, 2.24) is 14.8 Å². The van der Waals surface area contributed by atoms with Gasteiger partial charge in [-0.05, 0) is 49.7 Å². The molecular weight excluding hydrogens is 362 g/mol. The van der Waals surface area contributed by atoms with Crippen LogP contribution in [0.25, 0.3) is 0 Å². The normalized spacial score (nSPS) is 11.3. The Morgan fingerprint density at radius 2 is 2.00 bits per heavy atom. The van der Waals surface area contributed by atoms with Gasteiger partial charge in [-0.1, -0.05) is 11.6 Å². The van der Waals surface area contributed by atoms with E-state index in [1.54, 1.807) is 24.3 Å². The van der Waals surface area contributed by atoms with Crippen molar-refractivity contribution in [2.24, 2.45) is 12.0 Å². The van der Waals surface area contributed by atoms with Crippen LogP contribution in [0.2, 0.25) is 5.02 Å². The lowest BCUT2D eigenvalue weighted by Crippen LogP contribution is -2.38. The predicted molar refractivity (Wildman–Crippen MR) is 112 cm³/mol. The van der Waals surface area contributed by atoms with Crippen LogP contribution in [-0.2, 0) is 18.4 Å². The summed E-state index contributed by atoms with van der Waals surface area (Å²) in [6.45, 7) is 4.21. The molecule has 0 spiro atoms. The van der Waals surface area contributed by atoms with Crippen LogP contribution in [0.4, 0.5) is 5.69 Å². The second-order valence-electron chi connectivity index (χ2n) is 6.36. The fourth-order valence-electron chi connectivity index (χ4n) is 2.63. The zero-order valence-corrected chi connectivity index (χ0v) is 17.0. The molecule has 6 nitrogen and oxygen atoms in total. The van der Waals surface area contributed by atoms with E-state index in [-0.39, 0.29) is 5.91 Å². The third-order valence-electron chi connectivity index (χ3n) is 4.10. The molecule has 0 saturated carbocycles. The van der Waals surface area contributed by atoms with Crippen molar-refractivity contribution in [3.05, 3.63) is 53.3 Å². The first-order valence-electron chi connectivity index (χ1n) is 9.14. The Kier molecular flexibility index (Phi) is 8.20. The van der Waals surface area contributed by atoms with Gasteiger partial charge < -0.3 is 20.1 Å². The molecule has 0 bridgehead atoms. The smallest absolute Gasteiger partial charge is 0.224 e. The molecule has 0 radical (unpaired) electrons. The SMILES string of the molecule is CCNC(=NCCCC(=O)Nc1ccc(Cl)cc1)N(C)Cc1cccn1C. The van der Waals surface area contributed by atoms with E-state index < -0.39 is 0 Å². The summed E-state index contributed by atoms with van der Waals surface area (Å²) in [5.74, 6) is 0.825. The minimum Gasteiger partial charge on any atom is -0.357 e. The number of guanidine groups is 1. The Bertz CT molecular complexity index is 754. The Labute approximate surface area is 166 Å². The molecule has 1 aromatic heterocycles. The molecule has 0 aliphatic carbocycles. The highest BCUT2D eigenvalue weighted by Crippen LogP contribution is 2.13. The number of aryl methyl sites for hydroxylation is 1. The molecule has 146 valence electrons. The molecule has 0 atom stereocenters. The molecule has 0 fully saturated rings. The summed E-state index contributed by atoms with van der Waals surface area (Å²) in [7, 11) is 4.05. The molecular formula is C20H28ClN5O. The van der Waals surface area contributed by atoms with Crippen molar-refractivity contribution < 1.29 is 4.79 Å². The number of carbonyl (C=O) groups excluding carboxylic acids is 1. The molecule has 2 aromatic rings. The Morgan fingerprint density at radius 1 is 1.26 bits per heavy atom. The molecule has 1 amide bonds. The number of aliphatic imine (C=N–C) groups is 1. The zero-order chi connectivity index (χ0) is 19.6. The highest BCUT2D eigenvalue weighted by atomic mass is 35.5. The van der Waals surface area contributed by atoms with Crippen LogP contribution in [0.3, 0.4) is 0 Å². The Balaban J connectivity index is 1.80. The molecule has 0 aliphatic heterocycles. The number of amides is 1. The third-order valence-corrected chi connectivity index (χ3v) is 4.35. The quantitative estimate of drug-likeness (QED) is 0.412. The fourth-order valence-corrected chi connectivity index (χ4v) is 2.76. The molecule has 1 heterocycles. The molecule has 0 aliphatic rings. The lowest BCUT2D eigenvalue weighted by molar-refractivity contribution is -0.116. The van der Waals surface area contributed by atoms with Crippen molar-refractivity contribution in [2.75, 3.05) is 25.5 Å². The van der Waals surface area contributed by atoms with Gasteiger partial charge >= 0.3 is 0 Å². The maximum Gasteiger partial charge on any atom is 0.224 e. The van der Waals surface area contributed by atoms with Crippen LogP contribution in [0.15, 0.2) is 47.6 Å². The average Bonchev–Trinajstić information content (AvgIpc) is 3.04. The maximum atomic E-state index is 12.0. The van der Waals surface area contributed by atoms with Gasteiger partial charge in [-0.2, -0.15) is 0 Å². The van der Waals surface area contributed by atoms with Crippen molar-refractivity contribution in [3.63, 3.8) is 0 Å². The lowest BCUT2D eigenvalue weighted by Gasteiger charge is -2.22. The number of hydrogen-bond donors (Lipinski definition) is 2. The number of nitrogens with zero attached hydrogens (tertiary/aromatic N) is 3. The highest BCUT2D eigenvalue weighted by molar-refractivity contribution is 6.30. The summed E-state index contributed by atoms with van der Waals surface area (Å²) in [6.07, 6.45) is 3.14. The lowest BCUT2D eigenvalue weighted by atomic mass is 10.2. The van der Waals surface area contributed by atoms with E-state index in [1.807, 2.05) is 33.3 Å². The summed E-state index contributed by atoms with van der Waals surface area (Å²) in [4.78, 5) is 18.8. The molecule has 7 heteroatoms. The van der Waals surface area contributed by atoms with Crippen molar-refractivity contribution in [2.45, 2.75) is 26.3 Å². The maximum absolute atomic E-state index is 12.0. The van der Waals surface area contributed by atoms with Gasteiger partial charge in [0.2, 0.25) is 5.91 Å². The minimum absolute atomic E-state index is 0.0188. The zero-order valence-electron chi connectivity index (χ0n) is 16.2.